The molecule has 0 bridgehead atoms. The normalized spacial score (nSPS) is 10.3. The molecule has 0 aliphatic carbocycles. The lowest BCUT2D eigenvalue weighted by molar-refractivity contribution is 0.262. The first-order valence-corrected chi connectivity index (χ1v) is 8.82. The molecule has 122 valence electrons. The summed E-state index contributed by atoms with van der Waals surface area (Å²) in [4.78, 5) is 12.2. The van der Waals surface area contributed by atoms with Crippen molar-refractivity contribution in [2.24, 2.45) is 0 Å². The third-order valence-corrected chi connectivity index (χ3v) is 4.55. The molecule has 0 unspecified atom stereocenters. The van der Waals surface area contributed by atoms with E-state index in [9.17, 15) is 9.90 Å². The summed E-state index contributed by atoms with van der Waals surface area (Å²) in [5.74, 6) is 0.621. The van der Waals surface area contributed by atoms with Gasteiger partial charge in [-0.1, -0.05) is 47.8 Å². The largest absolute Gasteiger partial charge is 0.497 e. The molecule has 0 atom stereocenters. The zero-order valence-corrected chi connectivity index (χ0v) is 16.7. The summed E-state index contributed by atoms with van der Waals surface area (Å²) in [5, 5.41) is 14.9. The topological polar surface area (TPSA) is 70.6 Å². The van der Waals surface area contributed by atoms with Gasteiger partial charge in [-0.3, -0.25) is 0 Å². The van der Waals surface area contributed by atoms with Crippen LogP contribution in [0.15, 0.2) is 43.7 Å². The SMILES string of the molecule is COc1cc(Br)cc(NC(=O)Nc2cc(Br)cc(Br)c2CO)c1. The summed E-state index contributed by atoms with van der Waals surface area (Å²) in [6.07, 6.45) is 0. The molecule has 0 heterocycles. The summed E-state index contributed by atoms with van der Waals surface area (Å²) in [7, 11) is 1.55. The van der Waals surface area contributed by atoms with Crippen LogP contribution in [0.4, 0.5) is 16.2 Å². The van der Waals surface area contributed by atoms with Crippen LogP contribution in [0.25, 0.3) is 0 Å². The lowest BCUT2D eigenvalue weighted by Gasteiger charge is -2.13. The van der Waals surface area contributed by atoms with Crippen LogP contribution in [-0.4, -0.2) is 18.2 Å². The van der Waals surface area contributed by atoms with E-state index < -0.39 is 6.03 Å². The third kappa shape index (κ3) is 4.94. The van der Waals surface area contributed by atoms with Crippen molar-refractivity contribution in [3.05, 3.63) is 49.3 Å². The molecule has 0 spiro atoms. The Morgan fingerprint density at radius 2 is 1.78 bits per heavy atom. The van der Waals surface area contributed by atoms with Crippen molar-refractivity contribution in [2.75, 3.05) is 17.7 Å². The first kappa shape index (κ1) is 18.3. The zero-order chi connectivity index (χ0) is 17.0. The second kappa shape index (κ2) is 8.14. The maximum Gasteiger partial charge on any atom is 0.323 e. The first-order valence-electron chi connectivity index (χ1n) is 6.44. The van der Waals surface area contributed by atoms with E-state index in [0.29, 0.717) is 27.2 Å². The van der Waals surface area contributed by atoms with Crippen molar-refractivity contribution in [1.82, 2.24) is 0 Å². The number of amides is 2. The van der Waals surface area contributed by atoms with Gasteiger partial charge in [-0.05, 0) is 24.3 Å². The molecule has 2 amide bonds. The van der Waals surface area contributed by atoms with Gasteiger partial charge in [0.25, 0.3) is 0 Å². The summed E-state index contributed by atoms with van der Waals surface area (Å²) >= 11 is 10.1. The maximum atomic E-state index is 12.2. The molecule has 2 aromatic carbocycles. The number of hydrogen-bond acceptors (Lipinski definition) is 3. The van der Waals surface area contributed by atoms with Gasteiger partial charge in [-0.15, -0.1) is 0 Å². The van der Waals surface area contributed by atoms with E-state index in [0.717, 1.165) is 8.95 Å². The van der Waals surface area contributed by atoms with Crippen LogP contribution in [-0.2, 0) is 6.61 Å². The molecule has 23 heavy (non-hydrogen) atoms. The maximum absolute atomic E-state index is 12.2. The fourth-order valence-electron chi connectivity index (χ4n) is 1.91. The van der Waals surface area contributed by atoms with Gasteiger partial charge in [0.15, 0.2) is 0 Å². The number of rotatable bonds is 4. The van der Waals surface area contributed by atoms with Crippen LogP contribution >= 0.6 is 47.8 Å². The molecule has 5 nitrogen and oxygen atoms in total. The average molecular weight is 509 g/mol. The van der Waals surface area contributed by atoms with Crippen LogP contribution in [0.3, 0.4) is 0 Å². The van der Waals surface area contributed by atoms with Gasteiger partial charge < -0.3 is 20.5 Å². The van der Waals surface area contributed by atoms with Crippen LogP contribution in [0.2, 0.25) is 0 Å². The molecule has 0 radical (unpaired) electrons. The van der Waals surface area contributed by atoms with Gasteiger partial charge in [0.05, 0.1) is 19.4 Å². The first-order chi connectivity index (χ1) is 10.9. The number of ether oxygens (including phenoxy) is 1. The molecule has 8 heteroatoms. The van der Waals surface area contributed by atoms with Crippen molar-refractivity contribution in [3.63, 3.8) is 0 Å². The monoisotopic (exact) mass is 506 g/mol. The molecule has 2 aromatic rings. The number of anilines is 2. The predicted octanol–water partition coefficient (Wildman–Crippen LogP) is 5.12. The number of halogens is 3. The summed E-state index contributed by atoms with van der Waals surface area (Å²) in [6, 6.07) is 8.34. The Morgan fingerprint density at radius 1 is 1.09 bits per heavy atom. The average Bonchev–Trinajstić information content (AvgIpc) is 2.45. The summed E-state index contributed by atoms with van der Waals surface area (Å²) in [6.45, 7) is -0.200. The van der Waals surface area contributed by atoms with Gasteiger partial charge in [-0.2, -0.15) is 0 Å². The molecule has 3 N–H and O–H groups in total. The van der Waals surface area contributed by atoms with E-state index in [1.807, 2.05) is 0 Å². The summed E-state index contributed by atoms with van der Waals surface area (Å²) in [5.41, 5.74) is 1.68. The smallest absolute Gasteiger partial charge is 0.323 e. The Kier molecular flexibility index (Phi) is 6.46. The Balaban J connectivity index is 2.19. The van der Waals surface area contributed by atoms with Crippen LogP contribution in [0.1, 0.15) is 5.56 Å². The lowest BCUT2D eigenvalue weighted by atomic mass is 10.2. The Morgan fingerprint density at radius 3 is 2.43 bits per heavy atom. The highest BCUT2D eigenvalue weighted by Crippen LogP contribution is 2.30. The van der Waals surface area contributed by atoms with E-state index in [-0.39, 0.29) is 6.61 Å². The Labute approximate surface area is 158 Å². The van der Waals surface area contributed by atoms with Crippen molar-refractivity contribution in [1.29, 1.82) is 0 Å². The number of urea groups is 1. The van der Waals surface area contributed by atoms with E-state index in [1.54, 1.807) is 37.4 Å². The number of carbonyl (C=O) groups excluding carboxylic acids is 1. The van der Waals surface area contributed by atoms with Crippen LogP contribution in [0.5, 0.6) is 5.75 Å². The quantitative estimate of drug-likeness (QED) is 0.537. The fourth-order valence-corrected chi connectivity index (χ4v) is 3.74. The zero-order valence-electron chi connectivity index (χ0n) is 12.0. The van der Waals surface area contributed by atoms with Crippen molar-refractivity contribution in [2.45, 2.75) is 6.61 Å². The fraction of sp³-hybridized carbons (Fsp3) is 0.133. The van der Waals surface area contributed by atoms with Gasteiger partial charge >= 0.3 is 6.03 Å². The number of methoxy groups -OCH3 is 1. The standard InChI is InChI=1S/C15H13Br3N2O3/c1-23-11-3-8(16)2-10(6-11)19-15(22)20-14-5-9(17)4-13(18)12(14)7-21/h2-6,21H,7H2,1H3,(H2,19,20,22). The third-order valence-electron chi connectivity index (χ3n) is 2.93. The van der Waals surface area contributed by atoms with E-state index in [2.05, 4.69) is 58.4 Å². The second-order valence-corrected chi connectivity index (χ2v) is 7.22. The Bertz CT molecular complexity index is 738. The molecular weight excluding hydrogens is 496 g/mol. The van der Waals surface area contributed by atoms with Crippen LogP contribution in [0, 0.1) is 0 Å². The number of aliphatic hydroxyl groups excluding tert-OH is 1. The molecule has 0 fully saturated rings. The van der Waals surface area contributed by atoms with Gasteiger partial charge in [0.1, 0.15) is 5.75 Å². The van der Waals surface area contributed by atoms with E-state index >= 15 is 0 Å². The minimum atomic E-state index is -0.426. The molecule has 0 aromatic heterocycles. The highest BCUT2D eigenvalue weighted by Gasteiger charge is 2.11. The number of nitrogens with one attached hydrogen (secondary N) is 2. The van der Waals surface area contributed by atoms with Gasteiger partial charge in [-0.25, -0.2) is 4.79 Å². The highest BCUT2D eigenvalue weighted by atomic mass is 79.9. The van der Waals surface area contributed by atoms with Crippen molar-refractivity contribution < 1.29 is 14.6 Å². The predicted molar refractivity (Wildman–Crippen MR) is 101 cm³/mol. The number of hydrogen-bond donors (Lipinski definition) is 3. The molecule has 0 saturated heterocycles. The van der Waals surface area contributed by atoms with Crippen LogP contribution < -0.4 is 15.4 Å². The molecule has 2 rings (SSSR count). The van der Waals surface area contributed by atoms with Crippen molar-refractivity contribution in [3.8, 4) is 5.75 Å². The molecule has 0 aliphatic rings. The summed E-state index contributed by atoms with van der Waals surface area (Å²) < 4.78 is 7.42. The highest BCUT2D eigenvalue weighted by molar-refractivity contribution is 9.11. The lowest BCUT2D eigenvalue weighted by Crippen LogP contribution is -2.20. The molecule has 0 saturated carbocycles. The molecule has 0 aliphatic heterocycles. The minimum Gasteiger partial charge on any atom is -0.497 e. The van der Waals surface area contributed by atoms with E-state index in [4.69, 9.17) is 4.74 Å². The van der Waals surface area contributed by atoms with Gasteiger partial charge in [0.2, 0.25) is 0 Å². The number of carbonyl (C=O) groups is 1. The Hall–Kier alpha value is -1.09. The number of aliphatic hydroxyl groups is 1. The molecular formula is C15H13Br3N2O3. The minimum absolute atomic E-state index is 0.200. The van der Waals surface area contributed by atoms with Crippen molar-refractivity contribution >= 4 is 65.2 Å². The second-order valence-electron chi connectivity index (χ2n) is 4.53. The number of benzene rings is 2. The van der Waals surface area contributed by atoms with E-state index in [1.165, 1.54) is 0 Å². The van der Waals surface area contributed by atoms with Gasteiger partial charge in [0, 0.05) is 30.7 Å².